The van der Waals surface area contributed by atoms with E-state index in [2.05, 4.69) is 9.73 Å². The number of hydrogen-bond donors (Lipinski definition) is 0. The lowest BCUT2D eigenvalue weighted by molar-refractivity contribution is -0.191. The van der Waals surface area contributed by atoms with Crippen LogP contribution in [0.25, 0.3) is 0 Å². The molecule has 0 atom stereocenters. The number of hydrogen-bond acceptors (Lipinski definition) is 4. The van der Waals surface area contributed by atoms with Gasteiger partial charge in [0.1, 0.15) is 19.4 Å². The molecule has 0 bridgehead atoms. The van der Waals surface area contributed by atoms with Crippen LogP contribution in [0.15, 0.2) is 12.4 Å². The topological polar surface area (TPSA) is 43.6 Å². The highest BCUT2D eigenvalue weighted by molar-refractivity contribution is 5.90. The summed E-state index contributed by atoms with van der Waals surface area (Å²) in [6, 6.07) is -0.574. The van der Waals surface area contributed by atoms with Crippen molar-refractivity contribution in [3.05, 3.63) is 12.4 Å². The molecule has 0 aromatic heterocycles. The summed E-state index contributed by atoms with van der Waals surface area (Å²) in [5.41, 5.74) is 0. The van der Waals surface area contributed by atoms with Gasteiger partial charge in [0.05, 0.1) is 0 Å². The zero-order valence-electron chi connectivity index (χ0n) is 7.29. The average molecular weight is 226 g/mol. The molecule has 1 aliphatic rings. The molecular weight excluding hydrogens is 220 g/mol. The van der Waals surface area contributed by atoms with Crippen molar-refractivity contribution in [3.63, 3.8) is 0 Å². The van der Waals surface area contributed by atoms with E-state index in [0.717, 1.165) is 11.1 Å². The quantitative estimate of drug-likeness (QED) is 0.510. The van der Waals surface area contributed by atoms with Crippen LogP contribution in [0, 0.1) is 0 Å². The van der Waals surface area contributed by atoms with Crippen LogP contribution in [0.3, 0.4) is 0 Å². The number of halogens is 4. The summed E-state index contributed by atoms with van der Waals surface area (Å²) in [5, 5.41) is 0. The monoisotopic (exact) mass is 226 g/mol. The minimum Gasteiger partial charge on any atom is -0.347 e. The van der Waals surface area contributed by atoms with Crippen molar-refractivity contribution in [3.8, 4) is 0 Å². The molecule has 1 heterocycles. The molecular formula is C7H6F4N2O2+. The van der Waals surface area contributed by atoms with Crippen molar-refractivity contribution in [1.82, 2.24) is 9.89 Å². The Hall–Kier alpha value is -1.60. The van der Waals surface area contributed by atoms with Crippen LogP contribution < -0.4 is 4.99 Å². The first-order valence-corrected chi connectivity index (χ1v) is 3.81. The van der Waals surface area contributed by atoms with E-state index in [0.29, 0.717) is 0 Å². The van der Waals surface area contributed by atoms with Gasteiger partial charge in [0, 0.05) is 0 Å². The minimum atomic E-state index is -5.09. The van der Waals surface area contributed by atoms with Gasteiger partial charge >= 0.3 is 18.2 Å². The fourth-order valence-electron chi connectivity index (χ4n) is 0.802. The SMILES string of the molecule is O=C(OC1=[N+]C=CN1CCF)C(F)(F)F. The van der Waals surface area contributed by atoms with Crippen molar-refractivity contribution in [2.45, 2.75) is 6.18 Å². The number of amidine groups is 1. The summed E-state index contributed by atoms with van der Waals surface area (Å²) in [7, 11) is 0. The van der Waals surface area contributed by atoms with Gasteiger partial charge < -0.3 is 4.74 Å². The number of carbonyl (C=O) groups is 1. The maximum absolute atomic E-state index is 11.9. The Kier molecular flexibility index (Phi) is 3.28. The second-order valence-corrected chi connectivity index (χ2v) is 2.48. The molecule has 4 nitrogen and oxygen atoms in total. The first kappa shape index (κ1) is 11.5. The van der Waals surface area contributed by atoms with Crippen molar-refractivity contribution in [2.24, 2.45) is 0 Å². The average Bonchev–Trinajstić information content (AvgIpc) is 2.52. The molecule has 0 aromatic rings. The molecule has 1 radical (unpaired) electrons. The molecule has 0 unspecified atom stereocenters. The van der Waals surface area contributed by atoms with E-state index in [1.807, 2.05) is 0 Å². The Labute approximate surface area is 81.8 Å². The lowest BCUT2D eigenvalue weighted by Gasteiger charge is -2.07. The second kappa shape index (κ2) is 4.28. The normalized spacial score (nSPS) is 15.5. The number of rotatable bonds is 2. The first-order chi connectivity index (χ1) is 6.95. The molecule has 0 N–H and O–H groups in total. The summed E-state index contributed by atoms with van der Waals surface area (Å²) in [6.45, 7) is -1.02. The smallest absolute Gasteiger partial charge is 0.347 e. The van der Waals surface area contributed by atoms with Crippen LogP contribution in [0.5, 0.6) is 0 Å². The molecule has 0 saturated carbocycles. The Morgan fingerprint density at radius 3 is 2.73 bits per heavy atom. The number of nitrogens with zero attached hydrogens (tertiary/aromatic N) is 2. The number of carbonyl (C=O) groups excluding carboxylic acids is 1. The summed E-state index contributed by atoms with van der Waals surface area (Å²) >= 11 is 0. The highest BCUT2D eigenvalue weighted by Gasteiger charge is 2.45. The largest absolute Gasteiger partial charge is 0.506 e. The second-order valence-electron chi connectivity index (χ2n) is 2.48. The molecule has 0 fully saturated rings. The minimum absolute atomic E-state index is 0.222. The van der Waals surface area contributed by atoms with Gasteiger partial charge in [-0.05, 0) is 4.99 Å². The summed E-state index contributed by atoms with van der Waals surface area (Å²) in [6.07, 6.45) is -2.78. The molecule has 0 amide bonds. The zero-order chi connectivity index (χ0) is 11.5. The van der Waals surface area contributed by atoms with E-state index in [-0.39, 0.29) is 6.54 Å². The van der Waals surface area contributed by atoms with E-state index in [1.54, 1.807) is 0 Å². The molecule has 1 rings (SSSR count). The third-order valence-electron chi connectivity index (χ3n) is 1.42. The highest BCUT2D eigenvalue weighted by Crippen LogP contribution is 2.17. The van der Waals surface area contributed by atoms with Crippen LogP contribution >= 0.6 is 0 Å². The first-order valence-electron chi connectivity index (χ1n) is 3.81. The molecule has 0 aliphatic carbocycles. The molecule has 8 heteroatoms. The van der Waals surface area contributed by atoms with Crippen molar-refractivity contribution < 1.29 is 27.1 Å². The van der Waals surface area contributed by atoms with Gasteiger partial charge in [-0.2, -0.15) is 18.1 Å². The van der Waals surface area contributed by atoms with Crippen LogP contribution in [-0.4, -0.2) is 36.3 Å². The Morgan fingerprint density at radius 2 is 2.20 bits per heavy atom. The van der Waals surface area contributed by atoms with Crippen LogP contribution in [0.4, 0.5) is 17.6 Å². The van der Waals surface area contributed by atoms with E-state index in [1.165, 1.54) is 6.20 Å². The third kappa shape index (κ3) is 2.93. The lowest BCUT2D eigenvalue weighted by atomic mass is 10.6. The van der Waals surface area contributed by atoms with E-state index < -0.39 is 24.8 Å². The van der Waals surface area contributed by atoms with Gasteiger partial charge in [-0.1, -0.05) is 0 Å². The van der Waals surface area contributed by atoms with Crippen LogP contribution in [-0.2, 0) is 9.53 Å². The molecule has 15 heavy (non-hydrogen) atoms. The highest BCUT2D eigenvalue weighted by atomic mass is 19.4. The van der Waals surface area contributed by atoms with Crippen LogP contribution in [0.2, 0.25) is 0 Å². The Bertz CT molecular complexity index is 311. The van der Waals surface area contributed by atoms with Gasteiger partial charge in [-0.3, -0.25) is 0 Å². The molecule has 0 aromatic carbocycles. The van der Waals surface area contributed by atoms with Crippen molar-refractivity contribution in [2.75, 3.05) is 13.2 Å². The zero-order valence-corrected chi connectivity index (χ0v) is 7.29. The van der Waals surface area contributed by atoms with Gasteiger partial charge in [0.2, 0.25) is 0 Å². The Balaban J connectivity index is 2.57. The fourth-order valence-corrected chi connectivity index (χ4v) is 0.802. The summed E-state index contributed by atoms with van der Waals surface area (Å²) < 4.78 is 51.1. The van der Waals surface area contributed by atoms with Crippen molar-refractivity contribution in [1.29, 1.82) is 0 Å². The Morgan fingerprint density at radius 1 is 1.53 bits per heavy atom. The van der Waals surface area contributed by atoms with E-state index >= 15 is 0 Å². The number of ether oxygens (including phenoxy) is 1. The van der Waals surface area contributed by atoms with E-state index in [9.17, 15) is 22.4 Å². The molecule has 1 aliphatic heterocycles. The number of aliphatic imine (C=N–C) groups is 1. The standard InChI is InChI=1S/C7H6F4N2O2/c8-1-3-13-4-2-12-6(13)15-5(14)7(9,10)11/h2,4H,1,3H2/q+1. The van der Waals surface area contributed by atoms with Crippen LogP contribution in [0.1, 0.15) is 0 Å². The molecule has 0 saturated heterocycles. The number of alkyl halides is 4. The molecule has 0 spiro atoms. The predicted octanol–water partition coefficient (Wildman–Crippen LogP) is 0.540. The van der Waals surface area contributed by atoms with Gasteiger partial charge in [0.25, 0.3) is 0 Å². The van der Waals surface area contributed by atoms with Gasteiger partial charge in [-0.25, -0.2) is 9.18 Å². The maximum Gasteiger partial charge on any atom is 0.506 e. The lowest BCUT2D eigenvalue weighted by Crippen LogP contribution is -2.36. The fraction of sp³-hybridized carbons (Fsp3) is 0.429. The summed E-state index contributed by atoms with van der Waals surface area (Å²) in [4.78, 5) is 14.7. The predicted molar refractivity (Wildman–Crippen MR) is 41.1 cm³/mol. The van der Waals surface area contributed by atoms with Gasteiger partial charge in [0.15, 0.2) is 6.20 Å². The van der Waals surface area contributed by atoms with E-state index in [4.69, 9.17) is 0 Å². The third-order valence-corrected chi connectivity index (χ3v) is 1.42. The van der Waals surface area contributed by atoms with Gasteiger partial charge in [-0.15, -0.1) is 0 Å². The summed E-state index contributed by atoms with van der Waals surface area (Å²) in [5.74, 6) is -2.38. The van der Waals surface area contributed by atoms with Crippen molar-refractivity contribution >= 4 is 12.0 Å². The number of esters is 1. The maximum atomic E-state index is 11.9. The molecule has 83 valence electrons.